The second-order valence-electron chi connectivity index (χ2n) is 5.10. The fraction of sp³-hybridized carbons (Fsp3) is 1.00. The Morgan fingerprint density at radius 1 is 1.25 bits per heavy atom. The van der Waals surface area contributed by atoms with Crippen LogP contribution in [0, 0.1) is 5.92 Å². The number of hydrogen-bond acceptors (Lipinski definition) is 3. The molecule has 1 N–H and O–H groups in total. The smallest absolute Gasteiger partial charge is 0.151 e. The Balaban J connectivity index is 2.35. The molecule has 1 aliphatic carbocycles. The van der Waals surface area contributed by atoms with Gasteiger partial charge in [-0.1, -0.05) is 19.8 Å². The second kappa shape index (κ2) is 6.01. The van der Waals surface area contributed by atoms with Crippen molar-refractivity contribution in [1.29, 1.82) is 0 Å². The van der Waals surface area contributed by atoms with Crippen molar-refractivity contribution < 1.29 is 8.42 Å². The van der Waals surface area contributed by atoms with Gasteiger partial charge in [-0.15, -0.1) is 0 Å². The maximum Gasteiger partial charge on any atom is 0.151 e. The molecule has 0 amide bonds. The van der Waals surface area contributed by atoms with Crippen LogP contribution in [0.2, 0.25) is 0 Å². The van der Waals surface area contributed by atoms with Crippen molar-refractivity contribution in [3.05, 3.63) is 0 Å². The van der Waals surface area contributed by atoms with Crippen molar-refractivity contribution in [2.75, 3.05) is 11.5 Å². The molecular weight excluding hydrogens is 222 g/mol. The van der Waals surface area contributed by atoms with Gasteiger partial charge in [-0.2, -0.15) is 0 Å². The summed E-state index contributed by atoms with van der Waals surface area (Å²) in [7, 11) is -2.85. The molecule has 0 heterocycles. The molecule has 1 fully saturated rings. The molecule has 0 saturated heterocycles. The van der Waals surface area contributed by atoms with Crippen molar-refractivity contribution >= 4 is 9.84 Å². The highest BCUT2D eigenvalue weighted by atomic mass is 32.2. The molecule has 2 unspecified atom stereocenters. The highest BCUT2D eigenvalue weighted by molar-refractivity contribution is 7.91. The van der Waals surface area contributed by atoms with Gasteiger partial charge in [-0.05, 0) is 32.6 Å². The normalized spacial score (nSPS) is 22.2. The third kappa shape index (κ3) is 4.42. The van der Waals surface area contributed by atoms with E-state index in [0.29, 0.717) is 6.04 Å². The van der Waals surface area contributed by atoms with Crippen molar-refractivity contribution in [3.63, 3.8) is 0 Å². The van der Waals surface area contributed by atoms with E-state index in [0.717, 1.165) is 5.92 Å². The predicted octanol–water partition coefficient (Wildman–Crippen LogP) is 1.98. The van der Waals surface area contributed by atoms with Gasteiger partial charge in [0.15, 0.2) is 9.84 Å². The molecule has 1 rings (SSSR count). The molecule has 0 aliphatic heterocycles. The lowest BCUT2D eigenvalue weighted by atomic mass is 9.99. The lowest BCUT2D eigenvalue weighted by molar-refractivity contribution is 0.358. The number of nitrogens with one attached hydrogen (secondary N) is 1. The Morgan fingerprint density at radius 2 is 1.81 bits per heavy atom. The van der Waals surface area contributed by atoms with Crippen LogP contribution in [0.15, 0.2) is 0 Å². The first-order chi connectivity index (χ1) is 7.44. The molecule has 0 aromatic heterocycles. The third-order valence-electron chi connectivity index (χ3n) is 3.60. The summed E-state index contributed by atoms with van der Waals surface area (Å²) < 4.78 is 22.9. The van der Waals surface area contributed by atoms with Crippen LogP contribution in [-0.4, -0.2) is 32.0 Å². The molecule has 0 aromatic carbocycles. The van der Waals surface area contributed by atoms with Gasteiger partial charge in [0.05, 0.1) is 5.75 Å². The maximum atomic E-state index is 11.5. The lowest BCUT2D eigenvalue weighted by Crippen LogP contribution is -2.42. The molecular formula is C12H25NO2S. The quantitative estimate of drug-likeness (QED) is 0.780. The van der Waals surface area contributed by atoms with E-state index >= 15 is 0 Å². The van der Waals surface area contributed by atoms with Crippen LogP contribution in [0.5, 0.6) is 0 Å². The summed E-state index contributed by atoms with van der Waals surface area (Å²) in [6.07, 6.45) is 5.25. The topological polar surface area (TPSA) is 46.2 Å². The number of rotatable bonds is 6. The Hall–Kier alpha value is -0.0900. The van der Waals surface area contributed by atoms with Gasteiger partial charge in [-0.3, -0.25) is 0 Å². The molecule has 2 atom stereocenters. The zero-order chi connectivity index (χ0) is 12.2. The van der Waals surface area contributed by atoms with Crippen LogP contribution in [-0.2, 0) is 9.84 Å². The molecule has 4 heteroatoms. The van der Waals surface area contributed by atoms with Crippen molar-refractivity contribution in [3.8, 4) is 0 Å². The summed E-state index contributed by atoms with van der Waals surface area (Å²) in [4.78, 5) is 0. The molecule has 3 nitrogen and oxygen atoms in total. The largest absolute Gasteiger partial charge is 0.310 e. The van der Waals surface area contributed by atoms with E-state index in [2.05, 4.69) is 12.2 Å². The summed E-state index contributed by atoms with van der Waals surface area (Å²) in [5, 5.41) is 3.43. The molecule has 16 heavy (non-hydrogen) atoms. The highest BCUT2D eigenvalue weighted by Crippen LogP contribution is 2.27. The van der Waals surface area contributed by atoms with Crippen molar-refractivity contribution in [1.82, 2.24) is 5.32 Å². The number of hydrogen-bond donors (Lipinski definition) is 1. The van der Waals surface area contributed by atoms with Crippen LogP contribution in [0.1, 0.15) is 46.5 Å². The summed E-state index contributed by atoms with van der Waals surface area (Å²) in [5.74, 6) is 1.25. The van der Waals surface area contributed by atoms with Gasteiger partial charge in [-0.25, -0.2) is 8.42 Å². The minimum absolute atomic E-state index is 0.0700. The predicted molar refractivity (Wildman–Crippen MR) is 68.3 cm³/mol. The minimum Gasteiger partial charge on any atom is -0.310 e. The Morgan fingerprint density at radius 3 is 2.31 bits per heavy atom. The SMILES string of the molecule is CCS(=O)(=O)CC(C)NC(C)C1CCCC1. The van der Waals surface area contributed by atoms with Gasteiger partial charge in [0.2, 0.25) is 0 Å². The van der Waals surface area contributed by atoms with Crippen LogP contribution < -0.4 is 5.32 Å². The van der Waals surface area contributed by atoms with Crippen molar-refractivity contribution in [2.24, 2.45) is 5.92 Å². The monoisotopic (exact) mass is 247 g/mol. The van der Waals surface area contributed by atoms with E-state index in [1.54, 1.807) is 6.92 Å². The van der Waals surface area contributed by atoms with E-state index in [1.165, 1.54) is 25.7 Å². The fourth-order valence-corrected chi connectivity index (χ4v) is 3.68. The van der Waals surface area contributed by atoms with Gasteiger partial charge in [0, 0.05) is 17.8 Å². The summed E-state index contributed by atoms with van der Waals surface area (Å²) >= 11 is 0. The zero-order valence-electron chi connectivity index (χ0n) is 10.7. The Bertz CT molecular complexity index is 294. The lowest BCUT2D eigenvalue weighted by Gasteiger charge is -2.24. The summed E-state index contributed by atoms with van der Waals surface area (Å²) in [6.45, 7) is 5.87. The van der Waals surface area contributed by atoms with E-state index < -0.39 is 9.84 Å². The van der Waals surface area contributed by atoms with Gasteiger partial charge in [0.25, 0.3) is 0 Å². The Labute approximate surface area is 99.9 Å². The van der Waals surface area contributed by atoms with E-state index in [-0.39, 0.29) is 17.5 Å². The summed E-state index contributed by atoms with van der Waals surface area (Å²) in [6, 6.07) is 0.519. The third-order valence-corrected chi connectivity index (χ3v) is 5.49. The fourth-order valence-electron chi connectivity index (χ4n) is 2.59. The molecule has 0 radical (unpaired) electrons. The van der Waals surface area contributed by atoms with Crippen LogP contribution in [0.25, 0.3) is 0 Å². The molecule has 0 bridgehead atoms. The highest BCUT2D eigenvalue weighted by Gasteiger charge is 2.23. The van der Waals surface area contributed by atoms with Crippen LogP contribution in [0.4, 0.5) is 0 Å². The van der Waals surface area contributed by atoms with Gasteiger partial charge >= 0.3 is 0 Å². The molecule has 0 spiro atoms. The standard InChI is InChI=1S/C12H25NO2S/c1-4-16(14,15)9-10(2)13-11(3)12-7-5-6-8-12/h10-13H,4-9H2,1-3H3. The van der Waals surface area contributed by atoms with E-state index in [9.17, 15) is 8.42 Å². The minimum atomic E-state index is -2.85. The Kier molecular flexibility index (Phi) is 5.25. The summed E-state index contributed by atoms with van der Waals surface area (Å²) in [5.41, 5.74) is 0. The van der Waals surface area contributed by atoms with Gasteiger partial charge in [0.1, 0.15) is 0 Å². The molecule has 0 aromatic rings. The number of sulfone groups is 1. The van der Waals surface area contributed by atoms with Crippen LogP contribution in [0.3, 0.4) is 0 Å². The second-order valence-corrected chi connectivity index (χ2v) is 7.50. The van der Waals surface area contributed by atoms with Crippen molar-refractivity contribution in [2.45, 2.75) is 58.5 Å². The first kappa shape index (κ1) is 14.0. The van der Waals surface area contributed by atoms with Crippen LogP contribution >= 0.6 is 0 Å². The first-order valence-electron chi connectivity index (χ1n) is 6.41. The first-order valence-corrected chi connectivity index (χ1v) is 8.23. The molecule has 1 aliphatic rings. The average molecular weight is 247 g/mol. The van der Waals surface area contributed by atoms with Gasteiger partial charge < -0.3 is 5.32 Å². The average Bonchev–Trinajstić information content (AvgIpc) is 2.69. The molecule has 96 valence electrons. The van der Waals surface area contributed by atoms with E-state index in [4.69, 9.17) is 0 Å². The van der Waals surface area contributed by atoms with E-state index in [1.807, 2.05) is 6.92 Å². The maximum absolute atomic E-state index is 11.5. The zero-order valence-corrected chi connectivity index (χ0v) is 11.5. The molecule has 1 saturated carbocycles.